The minimum atomic E-state index is -4.59. The van der Waals surface area contributed by atoms with Crippen LogP contribution in [0.2, 0.25) is 0 Å². The highest BCUT2D eigenvalue weighted by molar-refractivity contribution is 7.09. The van der Waals surface area contributed by atoms with Gasteiger partial charge in [0.25, 0.3) is 0 Å². The summed E-state index contributed by atoms with van der Waals surface area (Å²) in [7, 11) is 0. The maximum absolute atomic E-state index is 12.6. The minimum Gasteiger partial charge on any atom is -0.504 e. The van der Waals surface area contributed by atoms with Gasteiger partial charge >= 0.3 is 11.9 Å². The zero-order valence-corrected chi connectivity index (χ0v) is 13.2. The Bertz CT molecular complexity index is 989. The molecule has 0 saturated heterocycles. The maximum Gasteiger partial charge on any atom is 0.433 e. The van der Waals surface area contributed by atoms with Gasteiger partial charge in [-0.05, 0) is 29.7 Å². The van der Waals surface area contributed by atoms with E-state index in [-0.39, 0.29) is 16.8 Å². The summed E-state index contributed by atoms with van der Waals surface area (Å²) in [5.41, 5.74) is -1.40. The molecule has 1 aromatic carbocycles. The van der Waals surface area contributed by atoms with E-state index in [1.54, 1.807) is 0 Å². The number of alkyl halides is 3. The molecule has 0 saturated carbocycles. The number of aromatic hydroxyl groups is 2. The molecule has 0 fully saturated rings. The van der Waals surface area contributed by atoms with E-state index in [0.29, 0.717) is 4.88 Å². The van der Waals surface area contributed by atoms with Gasteiger partial charge in [-0.3, -0.25) is 15.1 Å². The Morgan fingerprint density at radius 2 is 1.88 bits per heavy atom. The zero-order chi connectivity index (χ0) is 19.1. The van der Waals surface area contributed by atoms with Crippen LogP contribution in [0, 0.1) is 10.1 Å². The molecule has 0 bridgehead atoms. The molecule has 0 amide bonds. The van der Waals surface area contributed by atoms with Crippen LogP contribution in [-0.2, 0) is 6.18 Å². The lowest BCUT2D eigenvalue weighted by atomic mass is 10.1. The topological polar surface area (TPSA) is 122 Å². The highest BCUT2D eigenvalue weighted by Gasteiger charge is 2.32. The molecular formula is C14H7F3N4O4S. The first-order valence-electron chi connectivity index (χ1n) is 6.75. The summed E-state index contributed by atoms with van der Waals surface area (Å²) in [5.74, 6) is -1.64. The lowest BCUT2D eigenvalue weighted by Crippen LogP contribution is -2.07. The van der Waals surface area contributed by atoms with E-state index in [2.05, 4.69) is 14.6 Å². The Kier molecular flexibility index (Phi) is 4.20. The van der Waals surface area contributed by atoms with Crippen molar-refractivity contribution in [1.82, 2.24) is 14.6 Å². The summed E-state index contributed by atoms with van der Waals surface area (Å²) in [5, 5.41) is 34.0. The molecule has 0 aliphatic rings. The second-order valence-electron chi connectivity index (χ2n) is 5.00. The van der Waals surface area contributed by atoms with E-state index in [4.69, 9.17) is 0 Å². The first kappa shape index (κ1) is 17.5. The van der Waals surface area contributed by atoms with Crippen LogP contribution in [-0.4, -0.2) is 29.7 Å². The largest absolute Gasteiger partial charge is 0.504 e. The molecule has 12 heteroatoms. The van der Waals surface area contributed by atoms with E-state index in [1.165, 1.54) is 6.07 Å². The number of aromatic nitrogens is 3. The van der Waals surface area contributed by atoms with Gasteiger partial charge in [0.05, 0.1) is 9.80 Å². The van der Waals surface area contributed by atoms with Crippen molar-refractivity contribution in [1.29, 1.82) is 0 Å². The first-order chi connectivity index (χ1) is 12.2. The lowest BCUT2D eigenvalue weighted by Gasteiger charge is -2.07. The lowest BCUT2D eigenvalue weighted by molar-refractivity contribution is -0.385. The second-order valence-corrected chi connectivity index (χ2v) is 5.75. The van der Waals surface area contributed by atoms with E-state index >= 15 is 0 Å². The summed E-state index contributed by atoms with van der Waals surface area (Å²) in [6.45, 7) is 0. The van der Waals surface area contributed by atoms with Crippen molar-refractivity contribution >= 4 is 17.2 Å². The molecule has 3 aromatic rings. The van der Waals surface area contributed by atoms with Crippen LogP contribution in [0.15, 0.2) is 30.5 Å². The molecule has 2 heterocycles. The number of nitro benzene ring substituents is 1. The monoisotopic (exact) mass is 384 g/mol. The van der Waals surface area contributed by atoms with Crippen LogP contribution in [0.25, 0.3) is 21.7 Å². The van der Waals surface area contributed by atoms with Crippen molar-refractivity contribution in [2.75, 3.05) is 0 Å². The van der Waals surface area contributed by atoms with Crippen molar-refractivity contribution in [2.24, 2.45) is 0 Å². The third-order valence-electron chi connectivity index (χ3n) is 3.34. The number of benzene rings is 1. The fourth-order valence-corrected chi connectivity index (χ4v) is 2.82. The van der Waals surface area contributed by atoms with Gasteiger partial charge in [0.1, 0.15) is 11.4 Å². The van der Waals surface area contributed by atoms with Crippen LogP contribution >= 0.6 is 11.5 Å². The number of hydrogen-bond acceptors (Lipinski definition) is 8. The van der Waals surface area contributed by atoms with Gasteiger partial charge in [0.2, 0.25) is 5.75 Å². The summed E-state index contributed by atoms with van der Waals surface area (Å²) in [4.78, 5) is 13.7. The average Bonchev–Trinajstić information content (AvgIpc) is 3.06. The molecule has 2 N–H and O–H groups in total. The number of nitrogens with zero attached hydrogens (tertiary/aromatic N) is 4. The fraction of sp³-hybridized carbons (Fsp3) is 0.0714. The standard InChI is InChI=1S/C14H7F3N4O4S/c15-14(16,17)10-2-1-6(5-18-10)13-11(19-20-26-13)7-3-8(21(24)25)12(23)9(22)4-7/h1-5,22-23H. The number of phenols is 2. The van der Waals surface area contributed by atoms with Gasteiger partial charge in [-0.25, -0.2) is 0 Å². The van der Waals surface area contributed by atoms with Crippen molar-refractivity contribution in [2.45, 2.75) is 6.18 Å². The van der Waals surface area contributed by atoms with Gasteiger partial charge in [-0.15, -0.1) is 5.10 Å². The van der Waals surface area contributed by atoms with E-state index in [1.807, 2.05) is 0 Å². The molecule has 0 atom stereocenters. The number of halogens is 3. The number of hydrogen-bond donors (Lipinski definition) is 2. The Morgan fingerprint density at radius 1 is 1.15 bits per heavy atom. The second kappa shape index (κ2) is 6.22. The van der Waals surface area contributed by atoms with Crippen LogP contribution in [0.3, 0.4) is 0 Å². The molecule has 0 aliphatic heterocycles. The summed E-state index contributed by atoms with van der Waals surface area (Å²) < 4.78 is 41.5. The van der Waals surface area contributed by atoms with E-state index in [0.717, 1.165) is 35.9 Å². The van der Waals surface area contributed by atoms with Crippen LogP contribution in [0.4, 0.5) is 18.9 Å². The average molecular weight is 384 g/mol. The van der Waals surface area contributed by atoms with Crippen LogP contribution in [0.1, 0.15) is 5.69 Å². The van der Waals surface area contributed by atoms with Crippen molar-refractivity contribution < 1.29 is 28.3 Å². The summed E-state index contributed by atoms with van der Waals surface area (Å²) in [6, 6.07) is 3.98. The number of phenolic OH excluding ortho intramolecular Hbond substituents is 2. The molecule has 0 radical (unpaired) electrons. The first-order valence-corrected chi connectivity index (χ1v) is 7.52. The quantitative estimate of drug-likeness (QED) is 0.402. The van der Waals surface area contributed by atoms with Gasteiger partial charge in [0.15, 0.2) is 5.75 Å². The van der Waals surface area contributed by atoms with E-state index < -0.39 is 34.0 Å². The van der Waals surface area contributed by atoms with Crippen LogP contribution in [0.5, 0.6) is 11.5 Å². The number of pyridine rings is 1. The molecule has 2 aromatic heterocycles. The predicted molar refractivity (Wildman–Crippen MR) is 83.6 cm³/mol. The van der Waals surface area contributed by atoms with Gasteiger partial charge in [-0.2, -0.15) is 13.2 Å². The number of nitro groups is 1. The van der Waals surface area contributed by atoms with Gasteiger partial charge in [-0.1, -0.05) is 4.49 Å². The zero-order valence-electron chi connectivity index (χ0n) is 12.4. The Hall–Kier alpha value is -3.28. The summed E-state index contributed by atoms with van der Waals surface area (Å²) in [6.07, 6.45) is -3.60. The molecule has 0 aliphatic carbocycles. The molecule has 134 valence electrons. The number of rotatable bonds is 3. The minimum absolute atomic E-state index is 0.0654. The SMILES string of the molecule is O=[N+]([O-])c1cc(-c2nnsc2-c2ccc(C(F)(F)F)nc2)cc(O)c1O. The van der Waals surface area contributed by atoms with Gasteiger partial charge < -0.3 is 10.2 Å². The molecular weight excluding hydrogens is 377 g/mol. The van der Waals surface area contributed by atoms with E-state index in [9.17, 15) is 33.5 Å². The summed E-state index contributed by atoms with van der Waals surface area (Å²) >= 11 is 0.839. The molecule has 3 rings (SSSR count). The van der Waals surface area contributed by atoms with Crippen molar-refractivity contribution in [3.05, 3.63) is 46.3 Å². The normalized spacial score (nSPS) is 11.5. The Morgan fingerprint density at radius 3 is 2.46 bits per heavy atom. The fourth-order valence-electron chi connectivity index (χ4n) is 2.14. The van der Waals surface area contributed by atoms with Crippen LogP contribution < -0.4 is 0 Å². The van der Waals surface area contributed by atoms with Gasteiger partial charge in [0, 0.05) is 23.4 Å². The third-order valence-corrected chi connectivity index (χ3v) is 4.12. The Balaban J connectivity index is 2.09. The smallest absolute Gasteiger partial charge is 0.433 e. The van der Waals surface area contributed by atoms with Crippen molar-refractivity contribution in [3.63, 3.8) is 0 Å². The molecule has 26 heavy (non-hydrogen) atoms. The third kappa shape index (κ3) is 3.13. The molecule has 0 spiro atoms. The highest BCUT2D eigenvalue weighted by atomic mass is 32.1. The molecule has 8 nitrogen and oxygen atoms in total. The Labute approximate surface area is 146 Å². The molecule has 0 unspecified atom stereocenters. The van der Waals surface area contributed by atoms with Crippen molar-refractivity contribution in [3.8, 4) is 33.2 Å². The maximum atomic E-state index is 12.6. The highest BCUT2D eigenvalue weighted by Crippen LogP contribution is 2.42. The predicted octanol–water partition coefficient (Wildman–Crippen LogP) is 3.61.